The number of aromatic nitrogens is 1. The molecule has 1 fully saturated rings. The maximum atomic E-state index is 12.0. The van der Waals surface area contributed by atoms with Crippen LogP contribution in [0.4, 0.5) is 0 Å². The molecule has 5 heteroatoms. The summed E-state index contributed by atoms with van der Waals surface area (Å²) in [7, 11) is 0. The number of nitrogens with one attached hydrogen (secondary N) is 2. The molecule has 1 amide bonds. The second kappa shape index (κ2) is 5.97. The SMILES string of the molecule is Cc1[nH]c(=S)sc1CC(=O)N[C@@H]1CCCC[C@@H]1C. The van der Waals surface area contributed by atoms with Crippen LogP contribution in [-0.2, 0) is 11.2 Å². The molecule has 1 heterocycles. The molecule has 0 aliphatic heterocycles. The number of rotatable bonds is 3. The van der Waals surface area contributed by atoms with Crippen molar-refractivity contribution in [3.63, 3.8) is 0 Å². The van der Waals surface area contributed by atoms with E-state index in [1.165, 1.54) is 30.6 Å². The fourth-order valence-electron chi connectivity index (χ4n) is 2.54. The minimum atomic E-state index is 0.127. The van der Waals surface area contributed by atoms with Crippen molar-refractivity contribution in [2.75, 3.05) is 0 Å². The van der Waals surface area contributed by atoms with Crippen LogP contribution in [0.25, 0.3) is 0 Å². The third-order valence-corrected chi connectivity index (χ3v) is 5.04. The van der Waals surface area contributed by atoms with Gasteiger partial charge in [-0.15, -0.1) is 11.3 Å². The topological polar surface area (TPSA) is 44.9 Å². The predicted octanol–water partition coefficient (Wildman–Crippen LogP) is 3.35. The highest BCUT2D eigenvalue weighted by Gasteiger charge is 2.23. The average molecular weight is 284 g/mol. The summed E-state index contributed by atoms with van der Waals surface area (Å²) in [6, 6.07) is 0.360. The van der Waals surface area contributed by atoms with Gasteiger partial charge in [0.15, 0.2) is 3.95 Å². The first-order valence-electron chi connectivity index (χ1n) is 6.54. The maximum absolute atomic E-state index is 12.0. The highest BCUT2D eigenvalue weighted by Crippen LogP contribution is 2.24. The lowest BCUT2D eigenvalue weighted by atomic mass is 9.86. The molecule has 1 aromatic heterocycles. The van der Waals surface area contributed by atoms with Crippen LogP contribution in [0.5, 0.6) is 0 Å². The number of hydrogen-bond donors (Lipinski definition) is 2. The van der Waals surface area contributed by atoms with E-state index >= 15 is 0 Å². The Morgan fingerprint density at radius 2 is 2.22 bits per heavy atom. The summed E-state index contributed by atoms with van der Waals surface area (Å²) in [6.45, 7) is 4.20. The van der Waals surface area contributed by atoms with Crippen molar-refractivity contribution in [3.05, 3.63) is 14.5 Å². The lowest BCUT2D eigenvalue weighted by Gasteiger charge is -2.29. The molecule has 0 saturated heterocycles. The van der Waals surface area contributed by atoms with E-state index in [1.54, 1.807) is 0 Å². The van der Waals surface area contributed by atoms with Crippen LogP contribution in [0.3, 0.4) is 0 Å². The highest BCUT2D eigenvalue weighted by molar-refractivity contribution is 7.73. The molecule has 1 saturated carbocycles. The van der Waals surface area contributed by atoms with Crippen molar-refractivity contribution in [2.24, 2.45) is 5.92 Å². The van der Waals surface area contributed by atoms with Crippen molar-refractivity contribution in [1.29, 1.82) is 0 Å². The zero-order valence-electron chi connectivity index (χ0n) is 10.9. The van der Waals surface area contributed by atoms with E-state index in [0.29, 0.717) is 18.4 Å². The van der Waals surface area contributed by atoms with E-state index in [2.05, 4.69) is 17.2 Å². The first kappa shape index (κ1) is 13.7. The molecular formula is C13H20N2OS2. The molecule has 3 nitrogen and oxygen atoms in total. The second-order valence-electron chi connectivity index (χ2n) is 5.18. The summed E-state index contributed by atoms with van der Waals surface area (Å²) in [5.74, 6) is 0.732. The number of carbonyl (C=O) groups is 1. The summed E-state index contributed by atoms with van der Waals surface area (Å²) in [5.41, 5.74) is 1.02. The van der Waals surface area contributed by atoms with Crippen LogP contribution < -0.4 is 5.32 Å². The van der Waals surface area contributed by atoms with Crippen LogP contribution in [0.2, 0.25) is 0 Å². The number of amides is 1. The van der Waals surface area contributed by atoms with Crippen molar-refractivity contribution in [3.8, 4) is 0 Å². The molecule has 18 heavy (non-hydrogen) atoms. The van der Waals surface area contributed by atoms with Crippen molar-refractivity contribution in [2.45, 2.75) is 52.0 Å². The Labute approximate surface area is 117 Å². The monoisotopic (exact) mass is 284 g/mol. The average Bonchev–Trinajstić information content (AvgIpc) is 2.61. The summed E-state index contributed by atoms with van der Waals surface area (Å²) in [6.07, 6.45) is 5.33. The van der Waals surface area contributed by atoms with Gasteiger partial charge in [0.25, 0.3) is 0 Å². The molecule has 0 unspecified atom stereocenters. The van der Waals surface area contributed by atoms with Crippen molar-refractivity contribution < 1.29 is 4.79 Å². The van der Waals surface area contributed by atoms with E-state index < -0.39 is 0 Å². The smallest absolute Gasteiger partial charge is 0.225 e. The van der Waals surface area contributed by atoms with Gasteiger partial charge in [0, 0.05) is 16.6 Å². The highest BCUT2D eigenvalue weighted by atomic mass is 32.1. The van der Waals surface area contributed by atoms with E-state index in [1.807, 2.05) is 6.92 Å². The Morgan fingerprint density at radius 1 is 1.50 bits per heavy atom. The Balaban J connectivity index is 1.92. The Bertz CT molecular complexity index is 478. The molecule has 2 rings (SSSR count). The quantitative estimate of drug-likeness (QED) is 0.836. The van der Waals surface area contributed by atoms with E-state index in [-0.39, 0.29) is 5.91 Å². The van der Waals surface area contributed by atoms with Gasteiger partial charge >= 0.3 is 0 Å². The molecule has 0 radical (unpaired) electrons. The fourth-order valence-corrected chi connectivity index (χ4v) is 3.83. The van der Waals surface area contributed by atoms with Crippen LogP contribution in [0.1, 0.15) is 43.2 Å². The van der Waals surface area contributed by atoms with Gasteiger partial charge in [-0.05, 0) is 37.9 Å². The molecular weight excluding hydrogens is 264 g/mol. The van der Waals surface area contributed by atoms with Gasteiger partial charge in [0.2, 0.25) is 5.91 Å². The first-order chi connectivity index (χ1) is 8.56. The van der Waals surface area contributed by atoms with E-state index in [4.69, 9.17) is 12.2 Å². The molecule has 0 bridgehead atoms. The number of hydrogen-bond acceptors (Lipinski definition) is 3. The first-order valence-corrected chi connectivity index (χ1v) is 7.76. The van der Waals surface area contributed by atoms with Gasteiger partial charge in [0.05, 0.1) is 6.42 Å². The number of aromatic amines is 1. The van der Waals surface area contributed by atoms with Gasteiger partial charge in [-0.25, -0.2) is 0 Å². The number of thiazole rings is 1. The molecule has 100 valence electrons. The third kappa shape index (κ3) is 3.42. The molecule has 1 aliphatic carbocycles. The number of aryl methyl sites for hydroxylation is 1. The summed E-state index contributed by atoms with van der Waals surface area (Å²) < 4.78 is 0.751. The molecule has 1 aliphatic rings. The van der Waals surface area contributed by atoms with Gasteiger partial charge < -0.3 is 10.3 Å². The third-order valence-electron chi connectivity index (χ3n) is 3.70. The largest absolute Gasteiger partial charge is 0.353 e. The van der Waals surface area contributed by atoms with E-state index in [0.717, 1.165) is 20.9 Å². The van der Waals surface area contributed by atoms with Crippen molar-refractivity contribution in [1.82, 2.24) is 10.3 Å². The van der Waals surface area contributed by atoms with Gasteiger partial charge in [0.1, 0.15) is 0 Å². The summed E-state index contributed by atoms with van der Waals surface area (Å²) in [5, 5.41) is 3.17. The minimum absolute atomic E-state index is 0.127. The Morgan fingerprint density at radius 3 is 2.83 bits per heavy atom. The van der Waals surface area contributed by atoms with E-state index in [9.17, 15) is 4.79 Å². The summed E-state index contributed by atoms with van der Waals surface area (Å²) >= 11 is 6.59. The normalized spacial score (nSPS) is 23.9. The standard InChI is InChI=1S/C13H20N2OS2/c1-8-5-3-4-6-10(8)15-12(16)7-11-9(2)14-13(17)18-11/h8,10H,3-7H2,1-2H3,(H,14,17)(H,15,16)/t8-,10+/m0/s1. The van der Waals surface area contributed by atoms with Gasteiger partial charge in [-0.1, -0.05) is 19.8 Å². The molecule has 1 aromatic rings. The minimum Gasteiger partial charge on any atom is -0.353 e. The lowest BCUT2D eigenvalue weighted by molar-refractivity contribution is -0.121. The van der Waals surface area contributed by atoms with Gasteiger partial charge in [-0.2, -0.15) is 0 Å². The summed E-state index contributed by atoms with van der Waals surface area (Å²) in [4.78, 5) is 16.2. The second-order valence-corrected chi connectivity index (χ2v) is 6.95. The zero-order chi connectivity index (χ0) is 13.1. The van der Waals surface area contributed by atoms with Crippen LogP contribution in [0, 0.1) is 16.8 Å². The molecule has 0 spiro atoms. The zero-order valence-corrected chi connectivity index (χ0v) is 12.5. The molecule has 2 N–H and O–H groups in total. The van der Waals surface area contributed by atoms with Crippen LogP contribution in [-0.4, -0.2) is 16.9 Å². The fraction of sp³-hybridized carbons (Fsp3) is 0.692. The number of carbonyl (C=O) groups excluding carboxylic acids is 1. The Kier molecular flexibility index (Phi) is 4.56. The predicted molar refractivity (Wildman–Crippen MR) is 77.5 cm³/mol. The molecule has 0 aromatic carbocycles. The van der Waals surface area contributed by atoms with Crippen molar-refractivity contribution >= 4 is 29.5 Å². The van der Waals surface area contributed by atoms with Crippen LogP contribution in [0.15, 0.2) is 0 Å². The number of H-pyrrole nitrogens is 1. The maximum Gasteiger partial charge on any atom is 0.225 e. The molecule has 2 atom stereocenters. The Hall–Kier alpha value is -0.680. The lowest BCUT2D eigenvalue weighted by Crippen LogP contribution is -2.41. The van der Waals surface area contributed by atoms with Gasteiger partial charge in [-0.3, -0.25) is 4.79 Å². The van der Waals surface area contributed by atoms with Crippen LogP contribution >= 0.6 is 23.6 Å².